The van der Waals surface area contributed by atoms with Crippen molar-refractivity contribution in [3.63, 3.8) is 0 Å². The lowest BCUT2D eigenvalue weighted by atomic mass is 10.2. The van der Waals surface area contributed by atoms with Crippen molar-refractivity contribution in [3.05, 3.63) is 72.1 Å². The average molecular weight is 418 g/mol. The van der Waals surface area contributed by atoms with Crippen LogP contribution >= 0.6 is 11.8 Å². The Kier molecular flexibility index (Phi) is 5.77. The number of fused-ring (bicyclic) bond motifs is 1. The van der Waals surface area contributed by atoms with Crippen molar-refractivity contribution in [3.8, 4) is 11.5 Å². The Morgan fingerprint density at radius 3 is 2.47 bits per heavy atom. The Morgan fingerprint density at radius 1 is 0.833 bits per heavy atom. The molecule has 0 aliphatic carbocycles. The second-order valence-electron chi connectivity index (χ2n) is 6.93. The fourth-order valence-corrected chi connectivity index (χ4v) is 4.13. The molecule has 4 aromatic rings. The largest absolute Gasteiger partial charge is 0.493 e. The van der Waals surface area contributed by atoms with Crippen LogP contribution in [0.25, 0.3) is 11.0 Å². The SMILES string of the molecule is COc1ccc(Sc2ccc(C)cc2Nc2ccnc3nc(C)ccc23)cc1OC. The molecule has 0 unspecified atom stereocenters. The molecule has 0 spiro atoms. The van der Waals surface area contributed by atoms with Crippen LogP contribution in [0.5, 0.6) is 11.5 Å². The Hall–Kier alpha value is -3.25. The van der Waals surface area contributed by atoms with Crippen LogP contribution in [0.15, 0.2) is 70.6 Å². The van der Waals surface area contributed by atoms with E-state index in [-0.39, 0.29) is 0 Å². The summed E-state index contributed by atoms with van der Waals surface area (Å²) in [5, 5.41) is 4.58. The van der Waals surface area contributed by atoms with Crippen LogP contribution in [0.4, 0.5) is 11.4 Å². The summed E-state index contributed by atoms with van der Waals surface area (Å²) in [6.45, 7) is 4.06. The lowest BCUT2D eigenvalue weighted by Gasteiger charge is -2.15. The monoisotopic (exact) mass is 417 g/mol. The number of nitrogens with one attached hydrogen (secondary N) is 1. The molecule has 0 saturated carbocycles. The number of nitrogens with zero attached hydrogens (tertiary/aromatic N) is 2. The van der Waals surface area contributed by atoms with E-state index >= 15 is 0 Å². The van der Waals surface area contributed by atoms with Gasteiger partial charge in [-0.15, -0.1) is 0 Å². The van der Waals surface area contributed by atoms with Crippen molar-refractivity contribution in [2.75, 3.05) is 19.5 Å². The molecule has 0 amide bonds. The van der Waals surface area contributed by atoms with Crippen molar-refractivity contribution in [1.82, 2.24) is 9.97 Å². The molecule has 0 atom stereocenters. The van der Waals surface area contributed by atoms with Crippen LogP contribution in [0.1, 0.15) is 11.3 Å². The zero-order valence-corrected chi connectivity index (χ0v) is 18.2. The summed E-state index contributed by atoms with van der Waals surface area (Å²) in [6, 6.07) is 18.4. The summed E-state index contributed by atoms with van der Waals surface area (Å²) in [6.07, 6.45) is 1.79. The molecule has 0 saturated heterocycles. The lowest BCUT2D eigenvalue weighted by molar-refractivity contribution is 0.354. The molecule has 6 heteroatoms. The van der Waals surface area contributed by atoms with Gasteiger partial charge in [0.1, 0.15) is 0 Å². The van der Waals surface area contributed by atoms with Gasteiger partial charge in [-0.3, -0.25) is 0 Å². The number of hydrogen-bond donors (Lipinski definition) is 1. The minimum atomic E-state index is 0.714. The van der Waals surface area contributed by atoms with Gasteiger partial charge in [-0.05, 0) is 67.9 Å². The predicted molar refractivity (Wildman–Crippen MR) is 122 cm³/mol. The van der Waals surface area contributed by atoms with Gasteiger partial charge in [-0.1, -0.05) is 17.8 Å². The minimum Gasteiger partial charge on any atom is -0.493 e. The van der Waals surface area contributed by atoms with E-state index in [0.717, 1.165) is 43.6 Å². The minimum absolute atomic E-state index is 0.714. The van der Waals surface area contributed by atoms with Crippen LogP contribution in [0, 0.1) is 13.8 Å². The van der Waals surface area contributed by atoms with Gasteiger partial charge in [0.05, 0.1) is 25.6 Å². The number of methoxy groups -OCH3 is 2. The van der Waals surface area contributed by atoms with E-state index in [9.17, 15) is 0 Å². The van der Waals surface area contributed by atoms with E-state index in [1.807, 2.05) is 37.3 Å². The van der Waals surface area contributed by atoms with Crippen molar-refractivity contribution in [2.24, 2.45) is 0 Å². The van der Waals surface area contributed by atoms with E-state index < -0.39 is 0 Å². The van der Waals surface area contributed by atoms with Crippen molar-refractivity contribution < 1.29 is 9.47 Å². The highest BCUT2D eigenvalue weighted by atomic mass is 32.2. The molecular formula is C24H23N3O2S. The zero-order valence-electron chi connectivity index (χ0n) is 17.4. The number of benzene rings is 2. The summed E-state index contributed by atoms with van der Waals surface area (Å²) in [7, 11) is 3.29. The predicted octanol–water partition coefficient (Wildman–Crippen LogP) is 6.16. The third-order valence-electron chi connectivity index (χ3n) is 4.73. The number of aromatic nitrogens is 2. The third-order valence-corrected chi connectivity index (χ3v) is 5.80. The molecule has 2 aromatic heterocycles. The number of ether oxygens (including phenoxy) is 2. The maximum atomic E-state index is 5.45. The van der Waals surface area contributed by atoms with Gasteiger partial charge < -0.3 is 14.8 Å². The van der Waals surface area contributed by atoms with Gasteiger partial charge >= 0.3 is 0 Å². The number of aryl methyl sites for hydroxylation is 2. The fraction of sp³-hybridized carbons (Fsp3) is 0.167. The molecule has 0 radical (unpaired) electrons. The van der Waals surface area contributed by atoms with E-state index in [0.29, 0.717) is 5.75 Å². The molecule has 2 heterocycles. The highest BCUT2D eigenvalue weighted by Gasteiger charge is 2.11. The standard InChI is InChI=1S/C24H23N3O2S/c1-15-5-10-23(30-17-7-9-21(28-3)22(14-17)29-4)20(13-15)27-19-11-12-25-24-18(19)8-6-16(2)26-24/h5-14H,1-4H3,(H,25,26,27). The molecule has 0 aliphatic heterocycles. The van der Waals surface area contributed by atoms with Gasteiger partial charge in [0, 0.05) is 27.1 Å². The van der Waals surface area contributed by atoms with Crippen LogP contribution in [-0.2, 0) is 0 Å². The summed E-state index contributed by atoms with van der Waals surface area (Å²) in [5.74, 6) is 1.43. The first-order valence-corrected chi connectivity index (χ1v) is 10.4. The third kappa shape index (κ3) is 4.19. The molecule has 4 rings (SSSR count). The molecule has 2 aromatic carbocycles. The molecule has 0 bridgehead atoms. The Morgan fingerprint density at radius 2 is 1.67 bits per heavy atom. The Balaban J connectivity index is 1.70. The highest BCUT2D eigenvalue weighted by Crippen LogP contribution is 2.39. The van der Waals surface area contributed by atoms with Gasteiger partial charge in [0.15, 0.2) is 17.1 Å². The molecular weight excluding hydrogens is 394 g/mol. The first-order valence-electron chi connectivity index (χ1n) is 9.57. The maximum absolute atomic E-state index is 5.45. The van der Waals surface area contributed by atoms with Crippen LogP contribution in [-0.4, -0.2) is 24.2 Å². The van der Waals surface area contributed by atoms with Crippen molar-refractivity contribution in [2.45, 2.75) is 23.6 Å². The van der Waals surface area contributed by atoms with Crippen molar-refractivity contribution in [1.29, 1.82) is 0 Å². The first-order chi connectivity index (χ1) is 14.6. The second kappa shape index (κ2) is 8.63. The maximum Gasteiger partial charge on any atom is 0.161 e. The van der Waals surface area contributed by atoms with Gasteiger partial charge in [-0.25, -0.2) is 9.97 Å². The number of hydrogen-bond acceptors (Lipinski definition) is 6. The summed E-state index contributed by atoms with van der Waals surface area (Å²) >= 11 is 1.67. The van der Waals surface area contributed by atoms with Gasteiger partial charge in [0.25, 0.3) is 0 Å². The van der Waals surface area contributed by atoms with E-state index in [4.69, 9.17) is 9.47 Å². The quantitative estimate of drug-likeness (QED) is 0.405. The molecule has 5 nitrogen and oxygen atoms in total. The fourth-order valence-electron chi connectivity index (χ4n) is 3.22. The average Bonchev–Trinajstić information content (AvgIpc) is 2.75. The van der Waals surface area contributed by atoms with Gasteiger partial charge in [0.2, 0.25) is 0 Å². The summed E-state index contributed by atoms with van der Waals surface area (Å²) < 4.78 is 10.8. The summed E-state index contributed by atoms with van der Waals surface area (Å²) in [5.41, 5.74) is 4.88. The van der Waals surface area contributed by atoms with Gasteiger partial charge in [-0.2, -0.15) is 0 Å². The normalized spacial score (nSPS) is 10.8. The Labute approximate surface area is 180 Å². The number of rotatable bonds is 6. The number of pyridine rings is 2. The zero-order chi connectivity index (χ0) is 21.1. The van der Waals surface area contributed by atoms with E-state index in [1.165, 1.54) is 5.56 Å². The van der Waals surface area contributed by atoms with Crippen molar-refractivity contribution >= 4 is 34.2 Å². The first kappa shape index (κ1) is 20.0. The highest BCUT2D eigenvalue weighted by molar-refractivity contribution is 7.99. The molecule has 1 N–H and O–H groups in total. The van der Waals surface area contributed by atoms with E-state index in [1.54, 1.807) is 32.2 Å². The molecule has 0 fully saturated rings. The van der Waals surface area contributed by atoms with E-state index in [2.05, 4.69) is 46.5 Å². The van der Waals surface area contributed by atoms with Crippen LogP contribution in [0.2, 0.25) is 0 Å². The number of anilines is 2. The lowest BCUT2D eigenvalue weighted by Crippen LogP contribution is -1.97. The molecule has 0 aliphatic rings. The second-order valence-corrected chi connectivity index (χ2v) is 8.04. The topological polar surface area (TPSA) is 56.3 Å². The van der Waals surface area contributed by atoms with Crippen LogP contribution in [0.3, 0.4) is 0 Å². The summed E-state index contributed by atoms with van der Waals surface area (Å²) in [4.78, 5) is 11.1. The van der Waals surface area contributed by atoms with Crippen LogP contribution < -0.4 is 14.8 Å². The Bertz CT molecular complexity index is 1210. The smallest absolute Gasteiger partial charge is 0.161 e. The molecule has 30 heavy (non-hydrogen) atoms. The molecule has 152 valence electrons.